The Kier molecular flexibility index (Phi) is 4.43. The number of halogens is 1. The molecule has 0 aliphatic carbocycles. The molecule has 3 rings (SSSR count). The van der Waals surface area contributed by atoms with Crippen LogP contribution in [0.4, 0.5) is 0 Å². The van der Waals surface area contributed by atoms with Crippen molar-refractivity contribution in [2.75, 3.05) is 0 Å². The maximum absolute atomic E-state index is 12.6. The van der Waals surface area contributed by atoms with Gasteiger partial charge in [0, 0.05) is 42.3 Å². The summed E-state index contributed by atoms with van der Waals surface area (Å²) in [6, 6.07) is 7.65. The van der Waals surface area contributed by atoms with Crippen molar-refractivity contribution >= 4 is 27.7 Å². The smallest absolute Gasteiger partial charge is 0.331 e. The maximum atomic E-state index is 12.6. The Balaban J connectivity index is 1.91. The molecule has 0 radical (unpaired) electrons. The number of rotatable bonds is 5. The molecule has 6 heteroatoms. The maximum Gasteiger partial charge on any atom is 0.331 e. The summed E-state index contributed by atoms with van der Waals surface area (Å²) in [7, 11) is 1.78. The topological polar surface area (TPSA) is 61.2 Å². The number of cyclic esters (lactones) is 1. The molecule has 0 N–H and O–H groups in total. The van der Waals surface area contributed by atoms with E-state index in [1.165, 1.54) is 6.08 Å². The zero-order chi connectivity index (χ0) is 16.4. The van der Waals surface area contributed by atoms with Crippen LogP contribution in [0.25, 0.3) is 0 Å². The van der Waals surface area contributed by atoms with Crippen LogP contribution in [0.2, 0.25) is 0 Å². The third kappa shape index (κ3) is 3.27. The van der Waals surface area contributed by atoms with Crippen LogP contribution < -0.4 is 0 Å². The molecule has 2 heterocycles. The van der Waals surface area contributed by atoms with E-state index in [1.807, 2.05) is 24.3 Å². The fourth-order valence-electron chi connectivity index (χ4n) is 2.71. The van der Waals surface area contributed by atoms with Gasteiger partial charge < -0.3 is 9.30 Å². The average Bonchev–Trinajstić information content (AvgIpc) is 3.14. The van der Waals surface area contributed by atoms with Gasteiger partial charge in [-0.1, -0.05) is 34.1 Å². The van der Waals surface area contributed by atoms with Crippen LogP contribution in [0, 0.1) is 0 Å². The fourth-order valence-corrected chi connectivity index (χ4v) is 3.29. The highest BCUT2D eigenvalue weighted by atomic mass is 79.9. The highest BCUT2D eigenvalue weighted by Gasteiger charge is 2.32. The highest BCUT2D eigenvalue weighted by Crippen LogP contribution is 2.34. The molecule has 23 heavy (non-hydrogen) atoms. The van der Waals surface area contributed by atoms with Crippen LogP contribution in [-0.4, -0.2) is 27.4 Å². The molecule has 0 unspecified atom stereocenters. The molecule has 1 aliphatic heterocycles. The summed E-state index contributed by atoms with van der Waals surface area (Å²) in [4.78, 5) is 28.1. The summed E-state index contributed by atoms with van der Waals surface area (Å²) >= 11 is 3.52. The minimum atomic E-state index is -0.453. The number of carbonyl (C=O) groups excluding carboxylic acids is 2. The minimum absolute atomic E-state index is 0.0883. The van der Waals surface area contributed by atoms with Gasteiger partial charge in [0.2, 0.25) is 0 Å². The molecular weight excluding hydrogens is 360 g/mol. The fraction of sp³-hybridized carbons (Fsp3) is 0.235. The van der Waals surface area contributed by atoms with Gasteiger partial charge in [0.15, 0.2) is 11.6 Å². The predicted octanol–water partition coefficient (Wildman–Crippen LogP) is 3.02. The Morgan fingerprint density at radius 3 is 2.83 bits per heavy atom. The van der Waals surface area contributed by atoms with Crippen LogP contribution in [-0.2, 0) is 16.6 Å². The number of hydrogen-bond donors (Lipinski definition) is 0. The lowest BCUT2D eigenvalue weighted by molar-refractivity contribution is -0.139. The van der Waals surface area contributed by atoms with Gasteiger partial charge in [-0.2, -0.15) is 0 Å². The SMILES string of the molecule is Cn1ccnc1C(=O)C[C@H](c1ccccc1Br)[C@H]1C=CC(=O)O1. The second kappa shape index (κ2) is 6.50. The minimum Gasteiger partial charge on any atom is -0.454 e. The van der Waals surface area contributed by atoms with Crippen molar-refractivity contribution in [1.29, 1.82) is 0 Å². The highest BCUT2D eigenvalue weighted by molar-refractivity contribution is 9.10. The molecule has 1 aromatic heterocycles. The lowest BCUT2D eigenvalue weighted by Gasteiger charge is -2.22. The lowest BCUT2D eigenvalue weighted by atomic mass is 9.88. The standard InChI is InChI=1S/C17H15BrN2O3/c1-20-9-8-19-17(20)14(21)10-12(15-6-7-16(22)23-15)11-4-2-3-5-13(11)18/h2-9,12,15H,10H2,1H3/t12-,15-/m1/s1. The number of esters is 1. The largest absolute Gasteiger partial charge is 0.454 e. The van der Waals surface area contributed by atoms with Crippen LogP contribution >= 0.6 is 15.9 Å². The van der Waals surface area contributed by atoms with E-state index < -0.39 is 6.10 Å². The van der Waals surface area contributed by atoms with Gasteiger partial charge >= 0.3 is 5.97 Å². The molecule has 2 aromatic rings. The number of ketones is 1. The molecule has 0 saturated heterocycles. The molecule has 1 aromatic carbocycles. The molecular formula is C17H15BrN2O3. The molecule has 0 spiro atoms. The molecule has 2 atom stereocenters. The molecule has 0 fully saturated rings. The number of ether oxygens (including phenoxy) is 1. The van der Waals surface area contributed by atoms with Crippen molar-refractivity contribution in [2.45, 2.75) is 18.4 Å². The van der Waals surface area contributed by atoms with E-state index in [-0.39, 0.29) is 24.1 Å². The van der Waals surface area contributed by atoms with E-state index >= 15 is 0 Å². The monoisotopic (exact) mass is 374 g/mol. The number of aryl methyl sites for hydroxylation is 1. The Morgan fingerprint density at radius 2 is 2.22 bits per heavy atom. The second-order valence-corrected chi connectivity index (χ2v) is 6.23. The summed E-state index contributed by atoms with van der Waals surface area (Å²) in [6.45, 7) is 0. The molecule has 0 amide bonds. The number of carbonyl (C=O) groups is 2. The summed E-state index contributed by atoms with van der Waals surface area (Å²) in [5.74, 6) is -0.334. The van der Waals surface area contributed by atoms with Gasteiger partial charge in [0.25, 0.3) is 0 Å². The van der Waals surface area contributed by atoms with Gasteiger partial charge in [-0.05, 0) is 17.7 Å². The van der Waals surface area contributed by atoms with E-state index in [4.69, 9.17) is 4.74 Å². The zero-order valence-corrected chi connectivity index (χ0v) is 14.1. The van der Waals surface area contributed by atoms with Gasteiger partial charge in [0.05, 0.1) is 0 Å². The first-order valence-corrected chi connectivity index (χ1v) is 7.99. The zero-order valence-electron chi connectivity index (χ0n) is 12.5. The quantitative estimate of drug-likeness (QED) is 0.596. The first-order chi connectivity index (χ1) is 11.1. The van der Waals surface area contributed by atoms with Gasteiger partial charge in [-0.15, -0.1) is 0 Å². The summed E-state index contributed by atoms with van der Waals surface area (Å²) in [5.41, 5.74) is 0.930. The van der Waals surface area contributed by atoms with Crippen LogP contribution in [0.5, 0.6) is 0 Å². The van der Waals surface area contributed by atoms with Gasteiger partial charge in [0.1, 0.15) is 6.10 Å². The van der Waals surface area contributed by atoms with Crippen molar-refractivity contribution in [1.82, 2.24) is 9.55 Å². The lowest BCUT2D eigenvalue weighted by Crippen LogP contribution is -2.23. The Hall–Kier alpha value is -2.21. The van der Waals surface area contributed by atoms with Crippen molar-refractivity contribution in [3.05, 3.63) is 64.7 Å². The van der Waals surface area contributed by atoms with Gasteiger partial charge in [-0.25, -0.2) is 9.78 Å². The third-order valence-electron chi connectivity index (χ3n) is 3.85. The van der Waals surface area contributed by atoms with Crippen molar-refractivity contribution in [3.63, 3.8) is 0 Å². The average molecular weight is 375 g/mol. The van der Waals surface area contributed by atoms with Crippen molar-refractivity contribution < 1.29 is 14.3 Å². The summed E-state index contributed by atoms with van der Waals surface area (Å²) in [5, 5.41) is 0. The van der Waals surface area contributed by atoms with Gasteiger partial charge in [-0.3, -0.25) is 4.79 Å². The Labute approximate surface area is 142 Å². The van der Waals surface area contributed by atoms with E-state index in [2.05, 4.69) is 20.9 Å². The predicted molar refractivity (Wildman–Crippen MR) is 88.1 cm³/mol. The first kappa shape index (κ1) is 15.7. The van der Waals surface area contributed by atoms with Crippen LogP contribution in [0.15, 0.2) is 53.3 Å². The number of imidazole rings is 1. The summed E-state index contributed by atoms with van der Waals surface area (Å²) < 4.78 is 7.90. The number of Topliss-reactive ketones (excluding diaryl/α,β-unsaturated/α-hetero) is 1. The molecule has 0 bridgehead atoms. The number of benzene rings is 1. The van der Waals surface area contributed by atoms with E-state index in [1.54, 1.807) is 30.1 Å². The van der Waals surface area contributed by atoms with E-state index in [0.717, 1.165) is 10.0 Å². The van der Waals surface area contributed by atoms with E-state index in [9.17, 15) is 9.59 Å². The third-order valence-corrected chi connectivity index (χ3v) is 4.57. The normalized spacial score (nSPS) is 18.0. The molecule has 0 saturated carbocycles. The number of aromatic nitrogens is 2. The van der Waals surface area contributed by atoms with E-state index in [0.29, 0.717) is 5.82 Å². The first-order valence-electron chi connectivity index (χ1n) is 7.20. The van der Waals surface area contributed by atoms with Crippen LogP contribution in [0.3, 0.4) is 0 Å². The number of hydrogen-bond acceptors (Lipinski definition) is 4. The Bertz CT molecular complexity index is 782. The van der Waals surface area contributed by atoms with Crippen molar-refractivity contribution in [3.8, 4) is 0 Å². The molecule has 1 aliphatic rings. The van der Waals surface area contributed by atoms with Crippen molar-refractivity contribution in [2.24, 2.45) is 7.05 Å². The Morgan fingerprint density at radius 1 is 1.43 bits per heavy atom. The summed E-state index contributed by atoms with van der Waals surface area (Å²) in [6.07, 6.45) is 6.19. The molecule has 118 valence electrons. The second-order valence-electron chi connectivity index (χ2n) is 5.38. The number of nitrogens with zero attached hydrogens (tertiary/aromatic N) is 2. The van der Waals surface area contributed by atoms with Crippen LogP contribution in [0.1, 0.15) is 28.5 Å². The molecule has 5 nitrogen and oxygen atoms in total.